The molecule has 0 aliphatic carbocycles. The molecule has 0 aromatic heterocycles. The van der Waals surface area contributed by atoms with Crippen LogP contribution in [0, 0.1) is 13.8 Å². The summed E-state index contributed by atoms with van der Waals surface area (Å²) >= 11 is 0. The molecule has 1 heterocycles. The maximum Gasteiger partial charge on any atom is 0.281 e. The topological polar surface area (TPSA) is 62.1 Å². The number of methoxy groups -OCH3 is 1. The Morgan fingerprint density at radius 2 is 2.00 bits per heavy atom. The molecule has 23 heavy (non-hydrogen) atoms. The molecule has 0 saturated heterocycles. The summed E-state index contributed by atoms with van der Waals surface area (Å²) in [6.45, 7) is 4.31. The fraction of sp³-hybridized carbons (Fsp3) is 0.222. The van der Waals surface area contributed by atoms with Gasteiger partial charge < -0.3 is 14.8 Å². The molecule has 2 aromatic rings. The highest BCUT2D eigenvalue weighted by Crippen LogP contribution is 2.35. The standard InChI is InChI=1S/C18H18N2O3/c1-11-7-12(2)17-15(8-11)16(19-22)18(21)20(17)10-13-5-4-6-14(9-13)23-3/h4-9,22H,10H2,1-3H3/b19-16-. The average molecular weight is 310 g/mol. The van der Waals surface area contributed by atoms with Crippen LogP contribution in [0.1, 0.15) is 22.3 Å². The first kappa shape index (κ1) is 15.1. The van der Waals surface area contributed by atoms with Crippen molar-refractivity contribution in [3.05, 3.63) is 58.7 Å². The highest BCUT2D eigenvalue weighted by atomic mass is 16.5. The number of hydrogen-bond acceptors (Lipinski definition) is 4. The van der Waals surface area contributed by atoms with Crippen molar-refractivity contribution in [2.45, 2.75) is 20.4 Å². The molecule has 5 heteroatoms. The SMILES string of the molecule is COc1cccc(CN2C(=O)/C(=N\O)c3cc(C)cc(C)c32)c1. The molecule has 1 aliphatic heterocycles. The summed E-state index contributed by atoms with van der Waals surface area (Å²) in [5.74, 6) is 0.449. The lowest BCUT2D eigenvalue weighted by Gasteiger charge is -2.19. The smallest absolute Gasteiger partial charge is 0.281 e. The number of oxime groups is 1. The Morgan fingerprint density at radius 3 is 2.70 bits per heavy atom. The first-order valence-corrected chi connectivity index (χ1v) is 7.33. The van der Waals surface area contributed by atoms with Crippen LogP contribution in [0.2, 0.25) is 0 Å². The lowest BCUT2D eigenvalue weighted by atomic mass is 10.0. The first-order valence-electron chi connectivity index (χ1n) is 7.33. The molecule has 3 rings (SSSR count). The molecule has 118 valence electrons. The van der Waals surface area contributed by atoms with Crippen LogP contribution in [-0.2, 0) is 11.3 Å². The number of carbonyl (C=O) groups is 1. The fourth-order valence-corrected chi connectivity index (χ4v) is 3.04. The van der Waals surface area contributed by atoms with Crippen molar-refractivity contribution in [3.63, 3.8) is 0 Å². The van der Waals surface area contributed by atoms with E-state index in [9.17, 15) is 10.0 Å². The van der Waals surface area contributed by atoms with Crippen molar-refractivity contribution in [1.82, 2.24) is 0 Å². The largest absolute Gasteiger partial charge is 0.497 e. The minimum absolute atomic E-state index is 0.0923. The van der Waals surface area contributed by atoms with Gasteiger partial charge in [-0.25, -0.2) is 0 Å². The van der Waals surface area contributed by atoms with E-state index in [0.29, 0.717) is 12.1 Å². The Hall–Kier alpha value is -2.82. The zero-order valence-electron chi connectivity index (χ0n) is 13.3. The van der Waals surface area contributed by atoms with Crippen LogP contribution in [0.25, 0.3) is 0 Å². The van der Waals surface area contributed by atoms with Crippen LogP contribution >= 0.6 is 0 Å². The zero-order valence-corrected chi connectivity index (χ0v) is 13.3. The van der Waals surface area contributed by atoms with Crippen LogP contribution in [0.3, 0.4) is 0 Å². The van der Waals surface area contributed by atoms with Gasteiger partial charge in [-0.3, -0.25) is 4.79 Å². The lowest BCUT2D eigenvalue weighted by molar-refractivity contribution is -0.112. The molecule has 0 atom stereocenters. The van der Waals surface area contributed by atoms with Crippen LogP contribution in [-0.4, -0.2) is 23.9 Å². The first-order chi connectivity index (χ1) is 11.0. The highest BCUT2D eigenvalue weighted by Gasteiger charge is 2.36. The zero-order chi connectivity index (χ0) is 16.6. The van der Waals surface area contributed by atoms with Gasteiger partial charge in [0.2, 0.25) is 0 Å². The molecule has 2 aromatic carbocycles. The molecule has 0 spiro atoms. The number of ether oxygens (including phenoxy) is 1. The van der Waals surface area contributed by atoms with E-state index in [1.54, 1.807) is 12.0 Å². The molecule has 0 bridgehead atoms. The van der Waals surface area contributed by atoms with Gasteiger partial charge in [0, 0.05) is 5.56 Å². The summed E-state index contributed by atoms with van der Waals surface area (Å²) in [5, 5.41) is 12.5. The quantitative estimate of drug-likeness (QED) is 0.700. The van der Waals surface area contributed by atoms with E-state index in [1.807, 2.05) is 50.2 Å². The minimum Gasteiger partial charge on any atom is -0.497 e. The van der Waals surface area contributed by atoms with Crippen LogP contribution in [0.5, 0.6) is 5.75 Å². The maximum atomic E-state index is 12.6. The number of rotatable bonds is 3. The van der Waals surface area contributed by atoms with Crippen molar-refractivity contribution >= 4 is 17.3 Å². The number of benzene rings is 2. The molecule has 0 saturated carbocycles. The van der Waals surface area contributed by atoms with Gasteiger partial charge >= 0.3 is 0 Å². The van der Waals surface area contributed by atoms with E-state index in [-0.39, 0.29) is 11.6 Å². The summed E-state index contributed by atoms with van der Waals surface area (Å²) in [7, 11) is 1.61. The van der Waals surface area contributed by atoms with E-state index < -0.39 is 0 Å². The number of aryl methyl sites for hydroxylation is 2. The second-order valence-corrected chi connectivity index (χ2v) is 5.67. The third-order valence-corrected chi connectivity index (χ3v) is 3.99. The van der Waals surface area contributed by atoms with Gasteiger partial charge in [-0.15, -0.1) is 0 Å². The van der Waals surface area contributed by atoms with Gasteiger partial charge in [0.15, 0.2) is 5.71 Å². The van der Waals surface area contributed by atoms with Crippen molar-refractivity contribution in [3.8, 4) is 5.75 Å². The van der Waals surface area contributed by atoms with Crippen molar-refractivity contribution in [2.24, 2.45) is 5.16 Å². The molecule has 5 nitrogen and oxygen atoms in total. The van der Waals surface area contributed by atoms with Gasteiger partial charge in [0.05, 0.1) is 19.3 Å². The second kappa shape index (κ2) is 5.76. The van der Waals surface area contributed by atoms with E-state index in [4.69, 9.17) is 4.74 Å². The predicted molar refractivity (Wildman–Crippen MR) is 88.4 cm³/mol. The molecule has 0 fully saturated rings. The summed E-state index contributed by atoms with van der Waals surface area (Å²) in [6, 6.07) is 11.5. The van der Waals surface area contributed by atoms with E-state index in [0.717, 1.165) is 28.1 Å². The number of fused-ring (bicyclic) bond motifs is 1. The fourth-order valence-electron chi connectivity index (χ4n) is 3.04. The van der Waals surface area contributed by atoms with Gasteiger partial charge in [0.1, 0.15) is 5.75 Å². The summed E-state index contributed by atoms with van der Waals surface area (Å²) in [6.07, 6.45) is 0. The molecule has 1 aliphatic rings. The second-order valence-electron chi connectivity index (χ2n) is 5.67. The number of nitrogens with zero attached hydrogens (tertiary/aromatic N) is 2. The van der Waals surface area contributed by atoms with Gasteiger partial charge in [-0.05, 0) is 43.2 Å². The molecule has 0 radical (unpaired) electrons. The Morgan fingerprint density at radius 1 is 1.22 bits per heavy atom. The summed E-state index contributed by atoms with van der Waals surface area (Å²) in [5.41, 5.74) is 4.53. The normalized spacial score (nSPS) is 15.2. The highest BCUT2D eigenvalue weighted by molar-refractivity contribution is 6.54. The Kier molecular flexibility index (Phi) is 3.78. The maximum absolute atomic E-state index is 12.6. The summed E-state index contributed by atoms with van der Waals surface area (Å²) in [4.78, 5) is 14.3. The summed E-state index contributed by atoms with van der Waals surface area (Å²) < 4.78 is 5.23. The minimum atomic E-state index is -0.293. The van der Waals surface area contributed by atoms with Crippen LogP contribution in [0.15, 0.2) is 41.6 Å². The molecule has 1 amide bonds. The number of anilines is 1. The number of hydrogen-bond donors (Lipinski definition) is 1. The molecular formula is C18H18N2O3. The molecular weight excluding hydrogens is 292 g/mol. The van der Waals surface area contributed by atoms with Gasteiger partial charge in [-0.2, -0.15) is 0 Å². The van der Waals surface area contributed by atoms with Gasteiger partial charge in [-0.1, -0.05) is 28.9 Å². The monoisotopic (exact) mass is 310 g/mol. The third kappa shape index (κ3) is 2.54. The van der Waals surface area contributed by atoms with Crippen molar-refractivity contribution < 1.29 is 14.7 Å². The third-order valence-electron chi connectivity index (χ3n) is 3.99. The van der Waals surface area contributed by atoms with Gasteiger partial charge in [0.25, 0.3) is 5.91 Å². The molecule has 1 N–H and O–H groups in total. The van der Waals surface area contributed by atoms with Crippen molar-refractivity contribution in [2.75, 3.05) is 12.0 Å². The van der Waals surface area contributed by atoms with E-state index >= 15 is 0 Å². The lowest BCUT2D eigenvalue weighted by Crippen LogP contribution is -2.29. The molecule has 0 unspecified atom stereocenters. The Bertz CT molecular complexity index is 812. The Labute approximate surface area is 134 Å². The van der Waals surface area contributed by atoms with E-state index in [2.05, 4.69) is 5.16 Å². The Balaban J connectivity index is 2.06. The van der Waals surface area contributed by atoms with Crippen molar-refractivity contribution in [1.29, 1.82) is 0 Å². The van der Waals surface area contributed by atoms with Crippen LogP contribution in [0.4, 0.5) is 5.69 Å². The van der Waals surface area contributed by atoms with Crippen LogP contribution < -0.4 is 9.64 Å². The van der Waals surface area contributed by atoms with E-state index in [1.165, 1.54) is 0 Å². The average Bonchev–Trinajstić information content (AvgIpc) is 2.79. The number of carbonyl (C=O) groups excluding carboxylic acids is 1. The number of amides is 1. The predicted octanol–water partition coefficient (Wildman–Crippen LogP) is 3.04.